The molecule has 2 aromatic heterocycles. The molecule has 5 rings (SSSR count). The number of benzene rings is 2. The molecule has 3 heterocycles. The molecule has 1 aliphatic heterocycles. The van der Waals surface area contributed by atoms with Gasteiger partial charge >= 0.3 is 0 Å². The summed E-state index contributed by atoms with van der Waals surface area (Å²) in [6, 6.07) is 15.7. The minimum atomic E-state index is -0.282. The number of hydrogen-bond donors (Lipinski definition) is 1. The number of rotatable bonds is 5. The first kappa shape index (κ1) is 18.6. The van der Waals surface area contributed by atoms with Gasteiger partial charge in [-0.1, -0.05) is 6.07 Å². The molecule has 9 nitrogen and oxygen atoms in total. The zero-order valence-corrected chi connectivity index (χ0v) is 16.3. The number of carbonyl (C=O) groups is 1. The van der Waals surface area contributed by atoms with E-state index in [2.05, 4.69) is 20.4 Å². The number of nitrogens with zero attached hydrogens (tertiary/aromatic N) is 4. The SMILES string of the molecule is O=C(Nc1ccc(Oc2cc(-n3cccn3)ncn2)cc1)c1cccc2c1OCCO2. The molecule has 0 unspecified atom stereocenters. The highest BCUT2D eigenvalue weighted by Crippen LogP contribution is 2.34. The van der Waals surface area contributed by atoms with E-state index in [1.165, 1.54) is 6.33 Å². The second kappa shape index (κ2) is 8.15. The zero-order valence-electron chi connectivity index (χ0n) is 16.3. The van der Waals surface area contributed by atoms with Gasteiger partial charge in [0.05, 0.1) is 5.56 Å². The van der Waals surface area contributed by atoms with E-state index in [4.69, 9.17) is 14.2 Å². The lowest BCUT2D eigenvalue weighted by Crippen LogP contribution is -2.20. The van der Waals surface area contributed by atoms with E-state index in [9.17, 15) is 4.79 Å². The van der Waals surface area contributed by atoms with Crippen molar-refractivity contribution in [2.45, 2.75) is 0 Å². The van der Waals surface area contributed by atoms with Crippen molar-refractivity contribution in [2.75, 3.05) is 18.5 Å². The fourth-order valence-electron chi connectivity index (χ4n) is 3.09. The van der Waals surface area contributed by atoms with E-state index in [-0.39, 0.29) is 5.91 Å². The second-order valence-corrected chi connectivity index (χ2v) is 6.58. The van der Waals surface area contributed by atoms with Gasteiger partial charge in [-0.25, -0.2) is 14.6 Å². The summed E-state index contributed by atoms with van der Waals surface area (Å²) in [4.78, 5) is 21.0. The Hall–Kier alpha value is -4.40. The Kier molecular flexibility index (Phi) is 4.89. The highest BCUT2D eigenvalue weighted by molar-refractivity contribution is 6.06. The number of ether oxygens (including phenoxy) is 3. The Labute approximate surface area is 177 Å². The van der Waals surface area contributed by atoms with E-state index in [0.717, 1.165) is 0 Å². The van der Waals surface area contributed by atoms with Crippen molar-refractivity contribution in [3.05, 3.63) is 78.9 Å². The average Bonchev–Trinajstić information content (AvgIpc) is 3.35. The molecule has 9 heteroatoms. The van der Waals surface area contributed by atoms with Gasteiger partial charge in [-0.3, -0.25) is 4.79 Å². The van der Waals surface area contributed by atoms with Crippen LogP contribution in [-0.4, -0.2) is 38.9 Å². The Morgan fingerprint density at radius 2 is 1.90 bits per heavy atom. The maximum atomic E-state index is 12.7. The number of aromatic nitrogens is 4. The van der Waals surface area contributed by atoms with Crippen molar-refractivity contribution >= 4 is 11.6 Å². The van der Waals surface area contributed by atoms with Crippen LogP contribution in [0.2, 0.25) is 0 Å². The summed E-state index contributed by atoms with van der Waals surface area (Å²) >= 11 is 0. The van der Waals surface area contributed by atoms with Crippen molar-refractivity contribution in [3.63, 3.8) is 0 Å². The van der Waals surface area contributed by atoms with Crippen LogP contribution in [0.1, 0.15) is 10.4 Å². The molecule has 4 aromatic rings. The van der Waals surface area contributed by atoms with Gasteiger partial charge in [0.1, 0.15) is 25.3 Å². The van der Waals surface area contributed by atoms with Gasteiger partial charge in [-0.05, 0) is 42.5 Å². The third kappa shape index (κ3) is 4.01. The minimum Gasteiger partial charge on any atom is -0.486 e. The van der Waals surface area contributed by atoms with Gasteiger partial charge in [0.15, 0.2) is 17.3 Å². The average molecular weight is 415 g/mol. The minimum absolute atomic E-state index is 0.282. The summed E-state index contributed by atoms with van der Waals surface area (Å²) in [6.45, 7) is 0.879. The quantitative estimate of drug-likeness (QED) is 0.533. The highest BCUT2D eigenvalue weighted by Gasteiger charge is 2.20. The van der Waals surface area contributed by atoms with Crippen LogP contribution in [0.3, 0.4) is 0 Å². The molecule has 1 aliphatic rings. The first-order chi connectivity index (χ1) is 15.3. The summed E-state index contributed by atoms with van der Waals surface area (Å²) in [6.07, 6.45) is 4.86. The molecule has 0 saturated heterocycles. The lowest BCUT2D eigenvalue weighted by molar-refractivity contribution is 0.101. The van der Waals surface area contributed by atoms with E-state index in [1.807, 2.05) is 0 Å². The van der Waals surface area contributed by atoms with Gasteiger partial charge in [-0.15, -0.1) is 0 Å². The van der Waals surface area contributed by atoms with Crippen LogP contribution < -0.4 is 19.5 Å². The molecule has 0 bridgehead atoms. The number of carbonyl (C=O) groups excluding carboxylic acids is 1. The lowest BCUT2D eigenvalue weighted by Gasteiger charge is -2.20. The number of para-hydroxylation sites is 1. The maximum absolute atomic E-state index is 12.7. The fourth-order valence-corrected chi connectivity index (χ4v) is 3.09. The van der Waals surface area contributed by atoms with Crippen LogP contribution in [0, 0.1) is 0 Å². The number of nitrogens with one attached hydrogen (secondary N) is 1. The summed E-state index contributed by atoms with van der Waals surface area (Å²) in [5.41, 5.74) is 1.04. The zero-order chi connectivity index (χ0) is 21.0. The van der Waals surface area contributed by atoms with Crippen LogP contribution in [0.25, 0.3) is 5.82 Å². The van der Waals surface area contributed by atoms with Crippen LogP contribution >= 0.6 is 0 Å². The third-order valence-electron chi connectivity index (χ3n) is 4.51. The van der Waals surface area contributed by atoms with Crippen molar-refractivity contribution in [2.24, 2.45) is 0 Å². The van der Waals surface area contributed by atoms with Gasteiger partial charge in [0.25, 0.3) is 5.91 Å². The summed E-state index contributed by atoms with van der Waals surface area (Å²) in [5, 5.41) is 7.00. The molecule has 1 amide bonds. The van der Waals surface area contributed by atoms with Gasteiger partial charge in [0, 0.05) is 24.1 Å². The van der Waals surface area contributed by atoms with Crippen LogP contribution in [-0.2, 0) is 0 Å². The number of hydrogen-bond acceptors (Lipinski definition) is 7. The lowest BCUT2D eigenvalue weighted by atomic mass is 10.1. The van der Waals surface area contributed by atoms with Crippen molar-refractivity contribution in [1.29, 1.82) is 0 Å². The van der Waals surface area contributed by atoms with Crippen molar-refractivity contribution < 1.29 is 19.0 Å². The fraction of sp³-hybridized carbons (Fsp3) is 0.0909. The standard InChI is InChI=1S/C22H17N5O4/c28-22(17-3-1-4-18-21(17)30-12-11-29-18)26-15-5-7-16(8-6-15)31-20-13-19(23-14-24-20)27-10-2-9-25-27/h1-10,13-14H,11-12H2,(H,26,28). The maximum Gasteiger partial charge on any atom is 0.259 e. The molecule has 0 saturated carbocycles. The summed E-state index contributed by atoms with van der Waals surface area (Å²) in [7, 11) is 0. The van der Waals surface area contributed by atoms with E-state index in [1.54, 1.807) is 71.7 Å². The van der Waals surface area contributed by atoms with E-state index in [0.29, 0.717) is 53.4 Å². The Morgan fingerprint density at radius 1 is 1.03 bits per heavy atom. The first-order valence-corrected chi connectivity index (χ1v) is 9.56. The predicted molar refractivity (Wildman–Crippen MR) is 111 cm³/mol. The number of fused-ring (bicyclic) bond motifs is 1. The monoisotopic (exact) mass is 415 g/mol. The van der Waals surface area contributed by atoms with Crippen LogP contribution in [0.15, 0.2) is 73.3 Å². The van der Waals surface area contributed by atoms with Gasteiger partial charge in [-0.2, -0.15) is 5.10 Å². The van der Waals surface area contributed by atoms with E-state index < -0.39 is 0 Å². The summed E-state index contributed by atoms with van der Waals surface area (Å²) < 4.78 is 18.6. The number of amides is 1. The van der Waals surface area contributed by atoms with Gasteiger partial charge < -0.3 is 19.5 Å². The first-order valence-electron chi connectivity index (χ1n) is 9.56. The predicted octanol–water partition coefficient (Wildman–Crippen LogP) is 3.48. The molecule has 154 valence electrons. The van der Waals surface area contributed by atoms with Crippen molar-refractivity contribution in [1.82, 2.24) is 19.7 Å². The normalized spacial score (nSPS) is 12.3. The smallest absolute Gasteiger partial charge is 0.259 e. The molecule has 0 atom stereocenters. The molecule has 0 aliphatic carbocycles. The highest BCUT2D eigenvalue weighted by atomic mass is 16.6. The van der Waals surface area contributed by atoms with Crippen LogP contribution in [0.4, 0.5) is 5.69 Å². The topological polar surface area (TPSA) is 100 Å². The molecular weight excluding hydrogens is 398 g/mol. The molecule has 0 radical (unpaired) electrons. The largest absolute Gasteiger partial charge is 0.486 e. The molecule has 2 aromatic carbocycles. The molecule has 0 fully saturated rings. The van der Waals surface area contributed by atoms with E-state index >= 15 is 0 Å². The Balaban J connectivity index is 1.28. The molecule has 0 spiro atoms. The number of anilines is 1. The third-order valence-corrected chi connectivity index (χ3v) is 4.51. The Morgan fingerprint density at radius 3 is 2.74 bits per heavy atom. The molecular formula is C22H17N5O4. The summed E-state index contributed by atoms with van der Waals surface area (Å²) in [5.74, 6) is 2.29. The molecule has 1 N–H and O–H groups in total. The van der Waals surface area contributed by atoms with Gasteiger partial charge in [0.2, 0.25) is 5.88 Å². The molecule has 31 heavy (non-hydrogen) atoms. The second-order valence-electron chi connectivity index (χ2n) is 6.58. The van der Waals surface area contributed by atoms with Crippen molar-refractivity contribution in [3.8, 4) is 28.9 Å². The van der Waals surface area contributed by atoms with Crippen LogP contribution in [0.5, 0.6) is 23.1 Å². The Bertz CT molecular complexity index is 1210.